The number of nitrogens with one attached hydrogen (secondary N) is 1. The van der Waals surface area contributed by atoms with E-state index >= 15 is 0 Å². The molecule has 1 unspecified atom stereocenters. The predicted octanol–water partition coefficient (Wildman–Crippen LogP) is 3.68. The second-order valence-corrected chi connectivity index (χ2v) is 9.91. The molecule has 1 atom stereocenters. The molecule has 0 radical (unpaired) electrons. The van der Waals surface area contributed by atoms with E-state index in [2.05, 4.69) is 10.3 Å². The van der Waals surface area contributed by atoms with Gasteiger partial charge in [0.1, 0.15) is 5.82 Å². The molecule has 7 nitrogen and oxygen atoms in total. The molecule has 2 aliphatic rings. The number of pyridine rings is 1. The number of sulfonamides is 1. The molecule has 0 spiro atoms. The number of halogens is 2. The minimum Gasteiger partial charge on any atom is -0.381 e. The second-order valence-electron chi connectivity index (χ2n) is 7.05. The van der Waals surface area contributed by atoms with Gasteiger partial charge in [0.15, 0.2) is 0 Å². The second kappa shape index (κ2) is 8.10. The van der Waals surface area contributed by atoms with E-state index in [-0.39, 0.29) is 28.1 Å². The summed E-state index contributed by atoms with van der Waals surface area (Å²) >= 11 is 12.4. The number of rotatable bonds is 4. The van der Waals surface area contributed by atoms with Crippen LogP contribution in [0.25, 0.3) is 0 Å². The summed E-state index contributed by atoms with van der Waals surface area (Å²) in [7, 11) is -3.41. The van der Waals surface area contributed by atoms with Crippen molar-refractivity contribution in [2.75, 3.05) is 35.1 Å². The van der Waals surface area contributed by atoms with Crippen LogP contribution in [-0.4, -0.2) is 44.8 Å². The van der Waals surface area contributed by atoms with E-state index in [9.17, 15) is 13.2 Å². The number of hydrogen-bond donors (Lipinski definition) is 1. The number of anilines is 2. The van der Waals surface area contributed by atoms with Gasteiger partial charge in [0.25, 0.3) is 5.91 Å². The topological polar surface area (TPSA) is 88.6 Å². The summed E-state index contributed by atoms with van der Waals surface area (Å²) in [5.41, 5.74) is 1.67. The van der Waals surface area contributed by atoms with Crippen molar-refractivity contribution in [2.24, 2.45) is 0 Å². The molecule has 2 aromatic rings. The number of carbonyl (C=O) groups excluding carboxylic acids is 1. The molecule has 2 saturated heterocycles. The van der Waals surface area contributed by atoms with Crippen molar-refractivity contribution in [1.82, 2.24) is 4.98 Å². The van der Waals surface area contributed by atoms with Crippen LogP contribution in [0.5, 0.6) is 0 Å². The van der Waals surface area contributed by atoms with Crippen molar-refractivity contribution in [3.05, 3.63) is 51.6 Å². The van der Waals surface area contributed by atoms with E-state index in [4.69, 9.17) is 27.9 Å². The average Bonchev–Trinajstić information content (AvgIpc) is 3.31. The Balaban J connectivity index is 1.59. The van der Waals surface area contributed by atoms with Crippen molar-refractivity contribution in [1.29, 1.82) is 0 Å². The monoisotopic (exact) mass is 455 g/mol. The summed E-state index contributed by atoms with van der Waals surface area (Å²) in [4.78, 5) is 16.9. The van der Waals surface area contributed by atoms with Crippen LogP contribution in [0.1, 0.15) is 34.7 Å². The number of nitrogens with zero attached hydrogens (tertiary/aromatic N) is 2. The molecular formula is C19H19Cl2N3O4S. The number of benzene rings is 1. The number of carbonyl (C=O) groups is 1. The Labute approximate surface area is 179 Å². The van der Waals surface area contributed by atoms with Gasteiger partial charge in [-0.3, -0.25) is 9.10 Å². The van der Waals surface area contributed by atoms with Gasteiger partial charge in [-0.2, -0.15) is 0 Å². The van der Waals surface area contributed by atoms with Gasteiger partial charge in [-0.15, -0.1) is 0 Å². The Morgan fingerprint density at radius 2 is 2.07 bits per heavy atom. The quantitative estimate of drug-likeness (QED) is 0.759. The minimum absolute atomic E-state index is 0.0645. The lowest BCUT2D eigenvalue weighted by Gasteiger charge is -2.17. The first-order valence-electron chi connectivity index (χ1n) is 9.19. The lowest BCUT2D eigenvalue weighted by Crippen LogP contribution is -2.26. The molecule has 0 bridgehead atoms. The predicted molar refractivity (Wildman–Crippen MR) is 113 cm³/mol. The van der Waals surface area contributed by atoms with Crippen LogP contribution in [0, 0.1) is 0 Å². The number of aromatic nitrogens is 1. The summed E-state index contributed by atoms with van der Waals surface area (Å²) < 4.78 is 30.9. The minimum atomic E-state index is -3.41. The van der Waals surface area contributed by atoms with Crippen LogP contribution in [0.4, 0.5) is 11.5 Å². The van der Waals surface area contributed by atoms with Crippen molar-refractivity contribution in [3.63, 3.8) is 0 Å². The van der Waals surface area contributed by atoms with Gasteiger partial charge in [0.2, 0.25) is 10.0 Å². The van der Waals surface area contributed by atoms with Gasteiger partial charge in [-0.25, -0.2) is 13.4 Å². The molecule has 3 heterocycles. The molecule has 10 heteroatoms. The molecule has 2 fully saturated rings. The molecule has 1 aromatic heterocycles. The zero-order chi connectivity index (χ0) is 20.6. The average molecular weight is 456 g/mol. The van der Waals surface area contributed by atoms with Gasteiger partial charge in [-0.05, 0) is 42.7 Å². The summed E-state index contributed by atoms with van der Waals surface area (Å²) in [5.74, 6) is 0.0218. The van der Waals surface area contributed by atoms with E-state index in [0.717, 1.165) is 12.0 Å². The molecule has 1 aromatic carbocycles. The van der Waals surface area contributed by atoms with E-state index in [1.54, 1.807) is 6.07 Å². The van der Waals surface area contributed by atoms with Gasteiger partial charge >= 0.3 is 0 Å². The molecule has 0 saturated carbocycles. The van der Waals surface area contributed by atoms with E-state index in [0.29, 0.717) is 36.9 Å². The maximum Gasteiger partial charge on any atom is 0.257 e. The Morgan fingerprint density at radius 1 is 1.24 bits per heavy atom. The standard InChI is InChI=1S/C19H19Cl2N3O4S/c20-14-6-13(12-2-4-28-11-12)7-15(8-14)23-19(25)16-9-18(22-10-17(16)21)24-3-1-5-29(24,26)27/h6-10,12H,1-5,11H2,(H,23,25). The number of amides is 1. The largest absolute Gasteiger partial charge is 0.381 e. The third kappa shape index (κ3) is 4.35. The summed E-state index contributed by atoms with van der Waals surface area (Å²) in [6.45, 7) is 1.66. The molecule has 0 aliphatic carbocycles. The molecule has 29 heavy (non-hydrogen) atoms. The summed E-state index contributed by atoms with van der Waals surface area (Å²) in [6, 6.07) is 6.78. The van der Waals surface area contributed by atoms with Crippen LogP contribution < -0.4 is 9.62 Å². The van der Waals surface area contributed by atoms with Gasteiger partial charge in [-0.1, -0.05) is 23.2 Å². The van der Waals surface area contributed by atoms with Crippen LogP contribution in [0.2, 0.25) is 10.0 Å². The normalized spacial score (nSPS) is 20.8. The van der Waals surface area contributed by atoms with E-state index in [1.807, 2.05) is 12.1 Å². The SMILES string of the molecule is O=C(Nc1cc(Cl)cc(C2CCOC2)c1)c1cc(N2CCCS2(=O)=O)ncc1Cl. The van der Waals surface area contributed by atoms with Crippen LogP contribution in [0.15, 0.2) is 30.5 Å². The molecule has 1 N–H and O–H groups in total. The zero-order valence-corrected chi connectivity index (χ0v) is 17.7. The molecule has 4 rings (SSSR count). The first-order chi connectivity index (χ1) is 13.8. The van der Waals surface area contributed by atoms with Crippen LogP contribution in [-0.2, 0) is 14.8 Å². The van der Waals surface area contributed by atoms with Crippen LogP contribution >= 0.6 is 23.2 Å². The maximum absolute atomic E-state index is 12.8. The van der Waals surface area contributed by atoms with Gasteiger partial charge in [0.05, 0.1) is 22.9 Å². The first-order valence-corrected chi connectivity index (χ1v) is 11.6. The Hall–Kier alpha value is -1.87. The lowest BCUT2D eigenvalue weighted by molar-refractivity contribution is 0.102. The highest BCUT2D eigenvalue weighted by molar-refractivity contribution is 7.93. The zero-order valence-electron chi connectivity index (χ0n) is 15.4. The van der Waals surface area contributed by atoms with Gasteiger partial charge in [0, 0.05) is 36.0 Å². The lowest BCUT2D eigenvalue weighted by atomic mass is 9.98. The third-order valence-corrected chi connectivity index (χ3v) is 7.38. The number of hydrogen-bond acceptors (Lipinski definition) is 5. The van der Waals surface area contributed by atoms with Crippen molar-refractivity contribution >= 4 is 50.6 Å². The molecule has 1 amide bonds. The fraction of sp³-hybridized carbons (Fsp3) is 0.368. The summed E-state index contributed by atoms with van der Waals surface area (Å²) in [6.07, 6.45) is 2.71. The van der Waals surface area contributed by atoms with Gasteiger partial charge < -0.3 is 10.1 Å². The Bertz CT molecular complexity index is 1060. The summed E-state index contributed by atoms with van der Waals surface area (Å²) in [5, 5.41) is 3.44. The fourth-order valence-corrected chi connectivity index (χ4v) is 5.49. The molecule has 154 valence electrons. The fourth-order valence-electron chi connectivity index (χ4n) is 3.55. The van der Waals surface area contributed by atoms with Crippen molar-refractivity contribution < 1.29 is 17.9 Å². The van der Waals surface area contributed by atoms with E-state index < -0.39 is 15.9 Å². The maximum atomic E-state index is 12.8. The Morgan fingerprint density at radius 3 is 2.76 bits per heavy atom. The third-order valence-electron chi connectivity index (χ3n) is 5.02. The molecular weight excluding hydrogens is 437 g/mol. The van der Waals surface area contributed by atoms with Crippen molar-refractivity contribution in [3.8, 4) is 0 Å². The highest BCUT2D eigenvalue weighted by Crippen LogP contribution is 2.31. The van der Waals surface area contributed by atoms with E-state index in [1.165, 1.54) is 16.6 Å². The van der Waals surface area contributed by atoms with Crippen molar-refractivity contribution in [2.45, 2.75) is 18.8 Å². The first kappa shape index (κ1) is 20.4. The van der Waals surface area contributed by atoms with Crippen LogP contribution in [0.3, 0.4) is 0 Å². The molecule has 2 aliphatic heterocycles. The highest BCUT2D eigenvalue weighted by Gasteiger charge is 2.30. The smallest absolute Gasteiger partial charge is 0.257 e. The number of ether oxygens (including phenoxy) is 1. The Kier molecular flexibility index (Phi) is 5.70. The highest BCUT2D eigenvalue weighted by atomic mass is 35.5.